The lowest BCUT2D eigenvalue weighted by Gasteiger charge is -2.37. The number of nitrogens with zero attached hydrogens (tertiary/aromatic N) is 4. The maximum atomic E-state index is 6.06. The molecule has 0 amide bonds. The predicted octanol–water partition coefficient (Wildman–Crippen LogP) is 3.50. The topological polar surface area (TPSA) is 62.8 Å². The summed E-state index contributed by atoms with van der Waals surface area (Å²) in [6, 6.07) is 11.6. The van der Waals surface area contributed by atoms with Crippen LogP contribution in [0.3, 0.4) is 0 Å². The summed E-state index contributed by atoms with van der Waals surface area (Å²) in [7, 11) is 3.25. The monoisotopic (exact) mass is 457 g/mol. The number of benzene rings is 2. The second-order valence-corrected chi connectivity index (χ2v) is 8.01. The Balaban J connectivity index is 1.42. The number of aromatic nitrogens is 2. The molecule has 3 aromatic rings. The van der Waals surface area contributed by atoms with Gasteiger partial charge in [-0.1, -0.05) is 23.7 Å². The van der Waals surface area contributed by atoms with Gasteiger partial charge in [-0.05, 0) is 36.0 Å². The molecule has 0 radical (unpaired) electrons. The molecule has 1 aliphatic heterocycles. The third kappa shape index (κ3) is 4.75. The van der Waals surface area contributed by atoms with Gasteiger partial charge in [0.2, 0.25) is 0 Å². The molecule has 1 saturated heterocycles. The molecule has 0 bridgehead atoms. The molecule has 1 N–H and O–H groups in total. The van der Waals surface area contributed by atoms with E-state index in [2.05, 4.69) is 25.1 Å². The first-order valence-corrected chi connectivity index (χ1v) is 10.8. The smallest absolute Gasteiger partial charge is 0.169 e. The summed E-state index contributed by atoms with van der Waals surface area (Å²) in [5, 5.41) is 5.75. The Hall–Kier alpha value is -2.84. The number of fused-ring (bicyclic) bond motifs is 1. The molecule has 1 aromatic heterocycles. The summed E-state index contributed by atoms with van der Waals surface area (Å²) in [5.41, 5.74) is 1.93. The van der Waals surface area contributed by atoms with E-state index in [1.165, 1.54) is 0 Å². The molecule has 2 heterocycles. The minimum absolute atomic E-state index is 0.651. The van der Waals surface area contributed by atoms with Crippen molar-refractivity contribution in [2.75, 3.05) is 45.3 Å². The van der Waals surface area contributed by atoms with E-state index >= 15 is 0 Å². The van der Waals surface area contributed by atoms with Gasteiger partial charge in [0, 0.05) is 49.2 Å². The Morgan fingerprint density at radius 1 is 1.06 bits per heavy atom. The summed E-state index contributed by atoms with van der Waals surface area (Å²) < 4.78 is 10.9. The maximum Gasteiger partial charge on any atom is 0.169 e. The standard InChI is InChI=1S/C22H24ClN5O2S/c1-29-19-11-17-18(12-20(19)30-2)25-14-26-21(17)27-6-8-28(9-7-27)22(31)24-13-15-4-3-5-16(23)10-15/h3-5,10-12,14H,6-9,13H2,1-2H3,(H,24,31). The highest BCUT2D eigenvalue weighted by Gasteiger charge is 2.22. The molecule has 1 fully saturated rings. The van der Waals surface area contributed by atoms with E-state index in [9.17, 15) is 0 Å². The second-order valence-electron chi connectivity index (χ2n) is 7.18. The molecule has 7 nitrogen and oxygen atoms in total. The van der Waals surface area contributed by atoms with Crippen molar-refractivity contribution in [2.24, 2.45) is 0 Å². The fourth-order valence-electron chi connectivity index (χ4n) is 3.68. The van der Waals surface area contributed by atoms with Crippen LogP contribution in [0, 0.1) is 0 Å². The van der Waals surface area contributed by atoms with Crippen molar-refractivity contribution in [1.29, 1.82) is 0 Å². The van der Waals surface area contributed by atoms with E-state index in [-0.39, 0.29) is 0 Å². The van der Waals surface area contributed by atoms with Gasteiger partial charge < -0.3 is 24.6 Å². The van der Waals surface area contributed by atoms with Crippen LogP contribution < -0.4 is 19.7 Å². The van der Waals surface area contributed by atoms with Crippen LogP contribution in [-0.4, -0.2) is 60.4 Å². The highest BCUT2D eigenvalue weighted by Crippen LogP contribution is 2.34. The molecule has 31 heavy (non-hydrogen) atoms. The molecular formula is C22H24ClN5O2S. The number of ether oxygens (including phenoxy) is 2. The molecule has 4 rings (SSSR count). The number of anilines is 1. The molecule has 1 aliphatic rings. The molecule has 0 unspecified atom stereocenters. The van der Waals surface area contributed by atoms with E-state index in [1.807, 2.05) is 36.4 Å². The fraction of sp³-hybridized carbons (Fsp3) is 0.318. The predicted molar refractivity (Wildman–Crippen MR) is 127 cm³/mol. The minimum Gasteiger partial charge on any atom is -0.493 e. The van der Waals surface area contributed by atoms with Gasteiger partial charge in [0.15, 0.2) is 16.6 Å². The first-order valence-electron chi connectivity index (χ1n) is 9.98. The summed E-state index contributed by atoms with van der Waals surface area (Å²) in [6.07, 6.45) is 1.59. The molecular weight excluding hydrogens is 434 g/mol. The number of hydrogen-bond acceptors (Lipinski definition) is 6. The highest BCUT2D eigenvalue weighted by molar-refractivity contribution is 7.80. The number of nitrogens with one attached hydrogen (secondary N) is 1. The van der Waals surface area contributed by atoms with Crippen molar-refractivity contribution < 1.29 is 9.47 Å². The van der Waals surface area contributed by atoms with Crippen LogP contribution in [-0.2, 0) is 6.54 Å². The van der Waals surface area contributed by atoms with Crippen molar-refractivity contribution in [2.45, 2.75) is 6.54 Å². The van der Waals surface area contributed by atoms with Gasteiger partial charge in [0.25, 0.3) is 0 Å². The van der Waals surface area contributed by atoms with Gasteiger partial charge in [-0.25, -0.2) is 9.97 Å². The summed E-state index contributed by atoms with van der Waals surface area (Å²) in [6.45, 7) is 3.87. The largest absolute Gasteiger partial charge is 0.493 e. The van der Waals surface area contributed by atoms with E-state index < -0.39 is 0 Å². The molecule has 9 heteroatoms. The molecule has 0 spiro atoms. The third-order valence-electron chi connectivity index (χ3n) is 5.32. The molecule has 0 saturated carbocycles. The van der Waals surface area contributed by atoms with Crippen molar-refractivity contribution in [3.05, 3.63) is 53.3 Å². The number of piperazine rings is 1. The quantitative estimate of drug-likeness (QED) is 0.584. The Bertz CT molecular complexity index is 1090. The van der Waals surface area contributed by atoms with Crippen molar-refractivity contribution in [3.8, 4) is 11.5 Å². The van der Waals surface area contributed by atoms with Crippen LogP contribution in [0.1, 0.15) is 5.56 Å². The van der Waals surface area contributed by atoms with E-state index in [0.717, 1.165) is 58.6 Å². The zero-order valence-corrected chi connectivity index (χ0v) is 19.0. The first-order chi connectivity index (χ1) is 15.1. The highest BCUT2D eigenvalue weighted by atomic mass is 35.5. The molecule has 2 aromatic carbocycles. The maximum absolute atomic E-state index is 6.06. The fourth-order valence-corrected chi connectivity index (χ4v) is 4.15. The number of halogens is 1. The zero-order valence-electron chi connectivity index (χ0n) is 17.5. The van der Waals surface area contributed by atoms with Crippen molar-refractivity contribution in [3.63, 3.8) is 0 Å². The van der Waals surface area contributed by atoms with Crippen LogP contribution in [0.4, 0.5) is 5.82 Å². The molecule has 0 atom stereocenters. The van der Waals surface area contributed by atoms with E-state index in [1.54, 1.807) is 20.5 Å². The van der Waals surface area contributed by atoms with Gasteiger partial charge >= 0.3 is 0 Å². The van der Waals surface area contributed by atoms with Crippen LogP contribution in [0.2, 0.25) is 5.02 Å². The van der Waals surface area contributed by atoms with Gasteiger partial charge in [-0.3, -0.25) is 0 Å². The second kappa shape index (κ2) is 9.53. The lowest BCUT2D eigenvalue weighted by Crippen LogP contribution is -2.51. The minimum atomic E-state index is 0.651. The SMILES string of the molecule is COc1cc2ncnc(N3CCN(C(=S)NCc4cccc(Cl)c4)CC3)c2cc1OC. The normalized spacial score (nSPS) is 13.9. The van der Waals surface area contributed by atoms with Crippen LogP contribution in [0.15, 0.2) is 42.7 Å². The van der Waals surface area contributed by atoms with Gasteiger partial charge in [-0.2, -0.15) is 0 Å². The summed E-state index contributed by atoms with van der Waals surface area (Å²) in [5.74, 6) is 2.21. The van der Waals surface area contributed by atoms with E-state index in [4.69, 9.17) is 33.3 Å². The van der Waals surface area contributed by atoms with Crippen LogP contribution in [0.25, 0.3) is 10.9 Å². The number of thiocarbonyl (C=S) groups is 1. The Kier molecular flexibility index (Phi) is 6.58. The first kappa shape index (κ1) is 21.4. The lowest BCUT2D eigenvalue weighted by atomic mass is 10.2. The van der Waals surface area contributed by atoms with Crippen LogP contribution in [0.5, 0.6) is 11.5 Å². The average Bonchev–Trinajstić information content (AvgIpc) is 2.81. The zero-order chi connectivity index (χ0) is 21.8. The average molecular weight is 458 g/mol. The molecule has 162 valence electrons. The Morgan fingerprint density at radius 2 is 1.81 bits per heavy atom. The molecule has 0 aliphatic carbocycles. The van der Waals surface area contributed by atoms with E-state index in [0.29, 0.717) is 18.0 Å². The Morgan fingerprint density at radius 3 is 2.52 bits per heavy atom. The Labute approximate surface area is 191 Å². The third-order valence-corrected chi connectivity index (χ3v) is 5.96. The summed E-state index contributed by atoms with van der Waals surface area (Å²) in [4.78, 5) is 13.4. The van der Waals surface area contributed by atoms with Crippen molar-refractivity contribution >= 4 is 45.7 Å². The summed E-state index contributed by atoms with van der Waals surface area (Å²) >= 11 is 11.7. The van der Waals surface area contributed by atoms with Gasteiger partial charge in [0.1, 0.15) is 12.1 Å². The number of rotatable bonds is 5. The van der Waals surface area contributed by atoms with Crippen LogP contribution >= 0.6 is 23.8 Å². The lowest BCUT2D eigenvalue weighted by molar-refractivity contribution is 0.355. The van der Waals surface area contributed by atoms with Gasteiger partial charge in [-0.15, -0.1) is 0 Å². The number of methoxy groups -OCH3 is 2. The number of hydrogen-bond donors (Lipinski definition) is 1. The van der Waals surface area contributed by atoms with Crippen molar-refractivity contribution in [1.82, 2.24) is 20.2 Å². The van der Waals surface area contributed by atoms with Gasteiger partial charge in [0.05, 0.1) is 19.7 Å².